The van der Waals surface area contributed by atoms with Gasteiger partial charge in [0.25, 0.3) is 0 Å². The number of nitrogens with zero attached hydrogens (tertiary/aromatic N) is 1. The van der Waals surface area contributed by atoms with Crippen LogP contribution in [0.5, 0.6) is 0 Å². The molecule has 0 aliphatic rings. The first-order valence-electron chi connectivity index (χ1n) is 3.92. The second kappa shape index (κ2) is 3.00. The number of aryl methyl sites for hydroxylation is 1. The Morgan fingerprint density at radius 2 is 2.15 bits per heavy atom. The average molecular weight is 238 g/mol. The van der Waals surface area contributed by atoms with Crippen molar-refractivity contribution < 1.29 is 4.79 Å². The quantitative estimate of drug-likeness (QED) is 0.700. The standard InChI is InChI=1S/C10H8BrNO/c1-12-9-4-7(6-13)2-3-8(9)5-10(12)11/h2-6H,1H3. The minimum atomic E-state index is 0.709. The van der Waals surface area contributed by atoms with Crippen molar-refractivity contribution in [2.45, 2.75) is 0 Å². The summed E-state index contributed by atoms with van der Waals surface area (Å²) < 4.78 is 3.02. The van der Waals surface area contributed by atoms with E-state index in [4.69, 9.17) is 0 Å². The second-order valence-electron chi connectivity index (χ2n) is 2.96. The Morgan fingerprint density at radius 3 is 2.85 bits per heavy atom. The topological polar surface area (TPSA) is 22.0 Å². The first-order chi connectivity index (χ1) is 6.22. The Bertz CT molecular complexity index is 473. The van der Waals surface area contributed by atoms with Crippen LogP contribution in [0.4, 0.5) is 0 Å². The number of aldehydes is 1. The molecule has 1 heterocycles. The van der Waals surface area contributed by atoms with Crippen LogP contribution in [0.25, 0.3) is 10.9 Å². The zero-order chi connectivity index (χ0) is 9.42. The van der Waals surface area contributed by atoms with Gasteiger partial charge in [0, 0.05) is 23.5 Å². The van der Waals surface area contributed by atoms with Crippen LogP contribution in [-0.4, -0.2) is 10.9 Å². The van der Waals surface area contributed by atoms with Crippen molar-refractivity contribution in [3.63, 3.8) is 0 Å². The summed E-state index contributed by atoms with van der Waals surface area (Å²) in [5.74, 6) is 0. The van der Waals surface area contributed by atoms with Crippen molar-refractivity contribution in [3.8, 4) is 0 Å². The van der Waals surface area contributed by atoms with Gasteiger partial charge in [0.2, 0.25) is 0 Å². The van der Waals surface area contributed by atoms with E-state index in [-0.39, 0.29) is 0 Å². The van der Waals surface area contributed by atoms with Gasteiger partial charge in [0.1, 0.15) is 6.29 Å². The maximum Gasteiger partial charge on any atom is 0.150 e. The van der Waals surface area contributed by atoms with Gasteiger partial charge in [0.05, 0.1) is 4.60 Å². The van der Waals surface area contributed by atoms with Crippen LogP contribution in [0.3, 0.4) is 0 Å². The summed E-state index contributed by atoms with van der Waals surface area (Å²) in [5, 5.41) is 1.14. The van der Waals surface area contributed by atoms with Crippen molar-refractivity contribution in [1.82, 2.24) is 4.57 Å². The molecule has 0 aliphatic heterocycles. The highest BCUT2D eigenvalue weighted by Gasteiger charge is 2.03. The fourth-order valence-electron chi connectivity index (χ4n) is 1.39. The molecule has 0 fully saturated rings. The first-order valence-corrected chi connectivity index (χ1v) is 4.72. The number of benzene rings is 1. The van der Waals surface area contributed by atoms with E-state index in [1.165, 1.54) is 0 Å². The Labute approximate surface area is 84.3 Å². The number of carbonyl (C=O) groups is 1. The van der Waals surface area contributed by atoms with Crippen LogP contribution in [0.15, 0.2) is 28.9 Å². The molecule has 0 unspecified atom stereocenters. The van der Waals surface area contributed by atoms with Crippen LogP contribution < -0.4 is 0 Å². The molecule has 0 aliphatic carbocycles. The van der Waals surface area contributed by atoms with Gasteiger partial charge in [-0.25, -0.2) is 0 Å². The van der Waals surface area contributed by atoms with Crippen molar-refractivity contribution in [3.05, 3.63) is 34.4 Å². The fourth-order valence-corrected chi connectivity index (χ4v) is 1.82. The average Bonchev–Trinajstić information content (AvgIpc) is 2.43. The molecule has 2 aromatic rings. The first kappa shape index (κ1) is 8.51. The summed E-state index contributed by atoms with van der Waals surface area (Å²) in [6, 6.07) is 7.68. The van der Waals surface area contributed by atoms with E-state index < -0.39 is 0 Å². The lowest BCUT2D eigenvalue weighted by Crippen LogP contribution is -1.87. The minimum absolute atomic E-state index is 0.709. The van der Waals surface area contributed by atoms with E-state index in [1.807, 2.05) is 35.9 Å². The van der Waals surface area contributed by atoms with Gasteiger partial charge in [-0.05, 0) is 28.1 Å². The molecule has 2 rings (SSSR count). The van der Waals surface area contributed by atoms with Crippen molar-refractivity contribution in [1.29, 1.82) is 0 Å². The predicted octanol–water partition coefficient (Wildman–Crippen LogP) is 2.75. The molecule has 0 spiro atoms. The summed E-state index contributed by atoms with van der Waals surface area (Å²) in [5.41, 5.74) is 1.78. The molecule has 66 valence electrons. The van der Waals surface area contributed by atoms with E-state index in [2.05, 4.69) is 15.9 Å². The van der Waals surface area contributed by atoms with Gasteiger partial charge in [-0.3, -0.25) is 4.79 Å². The Morgan fingerprint density at radius 1 is 1.38 bits per heavy atom. The molecule has 0 amide bonds. The van der Waals surface area contributed by atoms with Gasteiger partial charge < -0.3 is 4.57 Å². The number of hydrogen-bond donors (Lipinski definition) is 0. The number of hydrogen-bond acceptors (Lipinski definition) is 1. The summed E-state index contributed by atoms with van der Waals surface area (Å²) in [6.07, 6.45) is 0.861. The second-order valence-corrected chi connectivity index (χ2v) is 3.77. The number of fused-ring (bicyclic) bond motifs is 1. The third-order valence-electron chi connectivity index (χ3n) is 2.15. The van der Waals surface area contributed by atoms with Crippen LogP contribution in [0.2, 0.25) is 0 Å². The van der Waals surface area contributed by atoms with Crippen LogP contribution in [0, 0.1) is 0 Å². The number of carbonyl (C=O) groups excluding carboxylic acids is 1. The third-order valence-corrected chi connectivity index (χ3v) is 2.91. The molecule has 3 heteroatoms. The SMILES string of the molecule is Cn1c(Br)cc2ccc(C=O)cc21. The largest absolute Gasteiger partial charge is 0.338 e. The van der Waals surface area contributed by atoms with Gasteiger partial charge in [0.15, 0.2) is 0 Å². The normalized spacial score (nSPS) is 10.6. The minimum Gasteiger partial charge on any atom is -0.338 e. The molecule has 0 saturated carbocycles. The van der Waals surface area contributed by atoms with Crippen LogP contribution >= 0.6 is 15.9 Å². The molecule has 0 saturated heterocycles. The molecule has 1 aromatic heterocycles. The van der Waals surface area contributed by atoms with Crippen LogP contribution in [-0.2, 0) is 7.05 Å². The lowest BCUT2D eigenvalue weighted by atomic mass is 10.2. The molecular weight excluding hydrogens is 230 g/mol. The Hall–Kier alpha value is -1.09. The van der Waals surface area contributed by atoms with Crippen molar-refractivity contribution in [2.75, 3.05) is 0 Å². The number of rotatable bonds is 1. The number of halogens is 1. The fraction of sp³-hybridized carbons (Fsp3) is 0.100. The van der Waals surface area contributed by atoms with Crippen molar-refractivity contribution >= 4 is 33.1 Å². The summed E-state index contributed by atoms with van der Waals surface area (Å²) in [4.78, 5) is 10.5. The zero-order valence-corrected chi connectivity index (χ0v) is 8.71. The molecule has 0 atom stereocenters. The smallest absolute Gasteiger partial charge is 0.150 e. The monoisotopic (exact) mass is 237 g/mol. The van der Waals surface area contributed by atoms with E-state index in [0.29, 0.717) is 5.56 Å². The van der Waals surface area contributed by atoms with E-state index >= 15 is 0 Å². The van der Waals surface area contributed by atoms with E-state index in [1.54, 1.807) is 0 Å². The maximum atomic E-state index is 10.5. The molecular formula is C10H8BrNO. The summed E-state index contributed by atoms with van der Waals surface area (Å²) >= 11 is 3.43. The summed E-state index contributed by atoms with van der Waals surface area (Å²) in [6.45, 7) is 0. The van der Waals surface area contributed by atoms with Crippen LogP contribution in [0.1, 0.15) is 10.4 Å². The lowest BCUT2D eigenvalue weighted by molar-refractivity contribution is 0.112. The van der Waals surface area contributed by atoms with Crippen molar-refractivity contribution in [2.24, 2.45) is 7.05 Å². The van der Waals surface area contributed by atoms with Gasteiger partial charge >= 0.3 is 0 Å². The third kappa shape index (κ3) is 1.29. The Kier molecular flexibility index (Phi) is 1.96. The molecule has 13 heavy (non-hydrogen) atoms. The lowest BCUT2D eigenvalue weighted by Gasteiger charge is -1.97. The van der Waals surface area contributed by atoms with E-state index in [9.17, 15) is 4.79 Å². The highest BCUT2D eigenvalue weighted by molar-refractivity contribution is 9.10. The highest BCUT2D eigenvalue weighted by Crippen LogP contribution is 2.23. The van der Waals surface area contributed by atoms with Gasteiger partial charge in [-0.1, -0.05) is 12.1 Å². The zero-order valence-electron chi connectivity index (χ0n) is 7.12. The molecule has 1 aromatic carbocycles. The molecule has 0 bridgehead atoms. The predicted molar refractivity (Wildman–Crippen MR) is 56.0 cm³/mol. The summed E-state index contributed by atoms with van der Waals surface area (Å²) in [7, 11) is 1.96. The Balaban J connectivity index is 2.81. The molecule has 0 N–H and O–H groups in total. The maximum absolute atomic E-state index is 10.5. The molecule has 2 nitrogen and oxygen atoms in total. The highest BCUT2D eigenvalue weighted by atomic mass is 79.9. The molecule has 0 radical (unpaired) electrons. The van der Waals surface area contributed by atoms with E-state index in [0.717, 1.165) is 21.8 Å². The van der Waals surface area contributed by atoms with Gasteiger partial charge in [-0.15, -0.1) is 0 Å². The number of aromatic nitrogens is 1. The van der Waals surface area contributed by atoms with Gasteiger partial charge in [-0.2, -0.15) is 0 Å².